The van der Waals surface area contributed by atoms with Gasteiger partial charge in [-0.3, -0.25) is 4.79 Å². The lowest BCUT2D eigenvalue weighted by atomic mass is 10.1. The summed E-state index contributed by atoms with van der Waals surface area (Å²) in [7, 11) is 0. The number of halogens is 3. The SMILES string of the molecule is O=C(CCl)Cc1cccc(Cl)c1Br. The molecular weight excluding hydrogens is 275 g/mol. The van der Waals surface area contributed by atoms with Crippen LogP contribution in [0.25, 0.3) is 0 Å². The summed E-state index contributed by atoms with van der Waals surface area (Å²) in [5.41, 5.74) is 0.873. The van der Waals surface area contributed by atoms with Gasteiger partial charge >= 0.3 is 0 Å². The van der Waals surface area contributed by atoms with Gasteiger partial charge in [-0.05, 0) is 27.6 Å². The molecule has 1 nitrogen and oxygen atoms in total. The first-order valence-electron chi connectivity index (χ1n) is 3.65. The zero-order valence-electron chi connectivity index (χ0n) is 6.69. The number of ketones is 1. The molecular formula is C9H7BrCl2O. The maximum absolute atomic E-state index is 11.0. The van der Waals surface area contributed by atoms with Crippen molar-refractivity contribution in [2.24, 2.45) is 0 Å². The van der Waals surface area contributed by atoms with E-state index in [0.29, 0.717) is 11.4 Å². The fourth-order valence-corrected chi connectivity index (χ4v) is 1.64. The number of benzene rings is 1. The minimum atomic E-state index is -0.00960. The summed E-state index contributed by atoms with van der Waals surface area (Å²) in [5, 5.41) is 0.611. The molecule has 4 heteroatoms. The van der Waals surface area contributed by atoms with Gasteiger partial charge in [0.15, 0.2) is 5.78 Å². The summed E-state index contributed by atoms with van der Waals surface area (Å²) in [6, 6.07) is 5.42. The predicted octanol–water partition coefficient (Wildman–Crippen LogP) is 3.45. The molecule has 0 unspecified atom stereocenters. The van der Waals surface area contributed by atoms with Crippen LogP contribution in [0.15, 0.2) is 22.7 Å². The Hall–Kier alpha value is -0.0500. The van der Waals surface area contributed by atoms with Crippen molar-refractivity contribution in [2.75, 3.05) is 5.88 Å². The highest BCUT2D eigenvalue weighted by Gasteiger charge is 2.07. The molecule has 0 bridgehead atoms. The van der Waals surface area contributed by atoms with Crippen LogP contribution >= 0.6 is 39.1 Å². The lowest BCUT2D eigenvalue weighted by molar-refractivity contribution is -0.116. The van der Waals surface area contributed by atoms with Gasteiger partial charge in [0.2, 0.25) is 0 Å². The summed E-state index contributed by atoms with van der Waals surface area (Å²) in [4.78, 5) is 11.0. The van der Waals surface area contributed by atoms with Gasteiger partial charge in [-0.25, -0.2) is 0 Å². The first-order chi connectivity index (χ1) is 6.15. The normalized spacial score (nSPS) is 10.1. The monoisotopic (exact) mass is 280 g/mol. The Labute approximate surface area is 95.2 Å². The van der Waals surface area contributed by atoms with Crippen LogP contribution in [0.3, 0.4) is 0 Å². The Balaban J connectivity index is 2.89. The number of alkyl halides is 1. The van der Waals surface area contributed by atoms with Crippen LogP contribution in [-0.2, 0) is 11.2 Å². The van der Waals surface area contributed by atoms with Crippen LogP contribution in [0.2, 0.25) is 5.02 Å². The van der Waals surface area contributed by atoms with E-state index in [0.717, 1.165) is 10.0 Å². The molecule has 0 N–H and O–H groups in total. The zero-order valence-corrected chi connectivity index (χ0v) is 9.79. The minimum Gasteiger partial charge on any atom is -0.298 e. The highest BCUT2D eigenvalue weighted by atomic mass is 79.9. The molecule has 0 aromatic heterocycles. The molecule has 0 amide bonds. The highest BCUT2D eigenvalue weighted by molar-refractivity contribution is 9.10. The van der Waals surface area contributed by atoms with Crippen LogP contribution < -0.4 is 0 Å². The fraction of sp³-hybridized carbons (Fsp3) is 0.222. The molecule has 1 rings (SSSR count). The third kappa shape index (κ3) is 2.97. The topological polar surface area (TPSA) is 17.1 Å². The molecule has 0 saturated carbocycles. The zero-order chi connectivity index (χ0) is 9.84. The minimum absolute atomic E-state index is 0.00960. The third-order valence-corrected chi connectivity index (χ3v) is 3.35. The number of hydrogen-bond donors (Lipinski definition) is 0. The Morgan fingerprint density at radius 1 is 1.46 bits per heavy atom. The summed E-state index contributed by atoms with van der Waals surface area (Å²) in [5.74, 6) is 0.0310. The van der Waals surface area contributed by atoms with Crippen molar-refractivity contribution in [1.82, 2.24) is 0 Å². The van der Waals surface area contributed by atoms with Crippen molar-refractivity contribution < 1.29 is 4.79 Å². The van der Waals surface area contributed by atoms with Crippen molar-refractivity contribution in [1.29, 1.82) is 0 Å². The van der Waals surface area contributed by atoms with Crippen molar-refractivity contribution in [3.63, 3.8) is 0 Å². The maximum atomic E-state index is 11.0. The lowest BCUT2D eigenvalue weighted by Crippen LogP contribution is -2.04. The number of carbonyl (C=O) groups is 1. The fourth-order valence-electron chi connectivity index (χ4n) is 0.945. The molecule has 70 valence electrons. The average Bonchev–Trinajstić information content (AvgIpc) is 2.13. The van der Waals surface area contributed by atoms with Crippen LogP contribution in [-0.4, -0.2) is 11.7 Å². The molecule has 0 aliphatic rings. The molecule has 0 saturated heterocycles. The van der Waals surface area contributed by atoms with Gasteiger partial charge < -0.3 is 0 Å². The Bertz CT molecular complexity index is 325. The van der Waals surface area contributed by atoms with E-state index < -0.39 is 0 Å². The molecule has 1 aromatic rings. The van der Waals surface area contributed by atoms with E-state index in [1.165, 1.54) is 0 Å². The van der Waals surface area contributed by atoms with Crippen molar-refractivity contribution in [3.05, 3.63) is 33.3 Å². The number of carbonyl (C=O) groups excluding carboxylic acids is 1. The van der Waals surface area contributed by atoms with E-state index in [1.807, 2.05) is 12.1 Å². The van der Waals surface area contributed by atoms with Crippen molar-refractivity contribution in [2.45, 2.75) is 6.42 Å². The molecule has 0 aliphatic heterocycles. The largest absolute Gasteiger partial charge is 0.298 e. The Morgan fingerprint density at radius 2 is 2.15 bits per heavy atom. The van der Waals surface area contributed by atoms with Crippen LogP contribution in [0.1, 0.15) is 5.56 Å². The van der Waals surface area contributed by atoms with Gasteiger partial charge in [-0.15, -0.1) is 11.6 Å². The van der Waals surface area contributed by atoms with E-state index in [9.17, 15) is 4.79 Å². The smallest absolute Gasteiger partial charge is 0.151 e. The number of rotatable bonds is 3. The molecule has 0 spiro atoms. The molecule has 1 aromatic carbocycles. The van der Waals surface area contributed by atoms with Crippen LogP contribution in [0, 0.1) is 0 Å². The quantitative estimate of drug-likeness (QED) is 0.776. The molecule has 0 atom stereocenters. The van der Waals surface area contributed by atoms with Gasteiger partial charge in [0.25, 0.3) is 0 Å². The molecule has 0 radical (unpaired) electrons. The summed E-state index contributed by atoms with van der Waals surface area (Å²) < 4.78 is 0.773. The first-order valence-corrected chi connectivity index (χ1v) is 5.36. The van der Waals surface area contributed by atoms with Crippen molar-refractivity contribution in [3.8, 4) is 0 Å². The van der Waals surface area contributed by atoms with Crippen molar-refractivity contribution >= 4 is 44.9 Å². The van der Waals surface area contributed by atoms with E-state index in [4.69, 9.17) is 23.2 Å². The van der Waals surface area contributed by atoms with E-state index in [2.05, 4.69) is 15.9 Å². The molecule has 0 fully saturated rings. The second kappa shape index (κ2) is 4.99. The summed E-state index contributed by atoms with van der Waals surface area (Å²) in [6.07, 6.45) is 0.324. The Morgan fingerprint density at radius 3 is 2.77 bits per heavy atom. The summed E-state index contributed by atoms with van der Waals surface area (Å²) in [6.45, 7) is 0. The second-order valence-corrected chi connectivity index (χ2v) is 4.03. The van der Waals surface area contributed by atoms with Crippen LogP contribution in [0.5, 0.6) is 0 Å². The average molecular weight is 282 g/mol. The van der Waals surface area contributed by atoms with E-state index >= 15 is 0 Å². The summed E-state index contributed by atoms with van der Waals surface area (Å²) >= 11 is 14.6. The highest BCUT2D eigenvalue weighted by Crippen LogP contribution is 2.26. The molecule has 0 heterocycles. The lowest BCUT2D eigenvalue weighted by Gasteiger charge is -2.03. The third-order valence-electron chi connectivity index (χ3n) is 1.57. The first kappa shape index (κ1) is 11.0. The van der Waals surface area contributed by atoms with Gasteiger partial charge in [0.1, 0.15) is 0 Å². The Kier molecular flexibility index (Phi) is 4.23. The van der Waals surface area contributed by atoms with Gasteiger partial charge in [0, 0.05) is 10.9 Å². The molecule has 0 aliphatic carbocycles. The standard InChI is InChI=1S/C9H7BrCl2O/c10-9-6(4-7(13)5-11)2-1-3-8(9)12/h1-3H,4-5H2. The van der Waals surface area contributed by atoms with Gasteiger partial charge in [-0.2, -0.15) is 0 Å². The predicted molar refractivity (Wildman–Crippen MR) is 58.6 cm³/mol. The van der Waals surface area contributed by atoms with Crippen LogP contribution in [0.4, 0.5) is 0 Å². The van der Waals surface area contributed by atoms with E-state index in [-0.39, 0.29) is 11.7 Å². The van der Waals surface area contributed by atoms with E-state index in [1.54, 1.807) is 6.07 Å². The number of Topliss-reactive ketones (excluding diaryl/α,β-unsaturated/α-hetero) is 1. The number of hydrogen-bond acceptors (Lipinski definition) is 1. The molecule has 13 heavy (non-hydrogen) atoms. The van der Waals surface area contributed by atoms with Gasteiger partial charge in [-0.1, -0.05) is 23.7 Å². The van der Waals surface area contributed by atoms with Gasteiger partial charge in [0.05, 0.1) is 10.9 Å². The second-order valence-electron chi connectivity index (χ2n) is 2.56. The maximum Gasteiger partial charge on any atom is 0.151 e.